The number of hydrogen-bond acceptors (Lipinski definition) is 4. The van der Waals surface area contributed by atoms with Crippen LogP contribution in [0.15, 0.2) is 46.6 Å². The second-order valence-corrected chi connectivity index (χ2v) is 8.78. The van der Waals surface area contributed by atoms with E-state index in [9.17, 15) is 9.59 Å². The molecular weight excluding hydrogens is 392 g/mol. The number of Topliss-reactive ketones (excluding diaryl/α,β-unsaturated/α-hetero) is 1. The van der Waals surface area contributed by atoms with Crippen molar-refractivity contribution in [3.8, 4) is 11.1 Å². The summed E-state index contributed by atoms with van der Waals surface area (Å²) in [7, 11) is 0. The van der Waals surface area contributed by atoms with Gasteiger partial charge in [-0.1, -0.05) is 35.9 Å². The smallest absolute Gasteiger partial charge is 0.263 e. The number of benzene rings is 2. The van der Waals surface area contributed by atoms with Gasteiger partial charge in [-0.15, -0.1) is 11.3 Å². The Morgan fingerprint density at radius 2 is 1.70 bits per heavy atom. The normalized spacial score (nSPS) is 11.2. The fourth-order valence-electron chi connectivity index (χ4n) is 3.78. The molecule has 0 radical (unpaired) electrons. The summed E-state index contributed by atoms with van der Waals surface area (Å²) in [6, 6.07) is 11.9. The minimum atomic E-state index is -0.161. The number of thiophene rings is 1. The molecule has 0 saturated heterocycles. The standard InChI is InChI=1S/C25H24N2O2S/c1-14-6-9-20(17(4)10-14)21-13-30-24-23(21)25(29)27(18(5)26-24)12-22(28)19-8-7-15(2)16(3)11-19/h6-11,13H,12H2,1-5H3. The van der Waals surface area contributed by atoms with Crippen LogP contribution in [0.1, 0.15) is 38.4 Å². The summed E-state index contributed by atoms with van der Waals surface area (Å²) in [6.45, 7) is 9.87. The predicted octanol–water partition coefficient (Wildman–Crippen LogP) is 5.55. The summed E-state index contributed by atoms with van der Waals surface area (Å²) in [6.07, 6.45) is 0. The number of hydrogen-bond donors (Lipinski definition) is 0. The Hall–Kier alpha value is -3.05. The SMILES string of the molecule is Cc1ccc(-c2csc3nc(C)n(CC(=O)c4ccc(C)c(C)c4)c(=O)c23)c(C)c1. The van der Waals surface area contributed by atoms with Crippen molar-refractivity contribution in [1.82, 2.24) is 9.55 Å². The fourth-order valence-corrected chi connectivity index (χ4v) is 4.75. The van der Waals surface area contributed by atoms with Crippen molar-refractivity contribution in [3.63, 3.8) is 0 Å². The Labute approximate surface area is 179 Å². The van der Waals surface area contributed by atoms with Crippen LogP contribution >= 0.6 is 11.3 Å². The van der Waals surface area contributed by atoms with Crippen LogP contribution in [-0.4, -0.2) is 15.3 Å². The Bertz CT molecular complexity index is 1360. The number of ketones is 1. The molecule has 4 aromatic rings. The lowest BCUT2D eigenvalue weighted by Gasteiger charge is -2.11. The summed E-state index contributed by atoms with van der Waals surface area (Å²) in [5.41, 5.74) is 6.87. The van der Waals surface area contributed by atoms with E-state index >= 15 is 0 Å². The molecule has 2 heterocycles. The van der Waals surface area contributed by atoms with Crippen LogP contribution in [0, 0.1) is 34.6 Å². The third-order valence-electron chi connectivity index (χ3n) is 5.69. The van der Waals surface area contributed by atoms with Gasteiger partial charge in [0.15, 0.2) is 5.78 Å². The van der Waals surface area contributed by atoms with Crippen molar-refractivity contribution in [3.05, 3.63) is 85.8 Å². The van der Waals surface area contributed by atoms with Crippen LogP contribution in [-0.2, 0) is 6.54 Å². The summed E-state index contributed by atoms with van der Waals surface area (Å²) in [5, 5.41) is 2.58. The Balaban J connectivity index is 1.82. The molecule has 2 aromatic carbocycles. The molecule has 0 fully saturated rings. The van der Waals surface area contributed by atoms with Crippen molar-refractivity contribution in [1.29, 1.82) is 0 Å². The first-order valence-corrected chi connectivity index (χ1v) is 10.8. The van der Waals surface area contributed by atoms with Crippen LogP contribution in [0.3, 0.4) is 0 Å². The van der Waals surface area contributed by atoms with Gasteiger partial charge in [0.25, 0.3) is 5.56 Å². The average molecular weight is 417 g/mol. The molecule has 0 aliphatic rings. The molecule has 0 spiro atoms. The van der Waals surface area contributed by atoms with Crippen molar-refractivity contribution >= 4 is 27.3 Å². The molecule has 30 heavy (non-hydrogen) atoms. The van der Waals surface area contributed by atoms with E-state index in [1.807, 2.05) is 37.4 Å². The van der Waals surface area contributed by atoms with Crippen molar-refractivity contribution in [2.24, 2.45) is 0 Å². The fraction of sp³-hybridized carbons (Fsp3) is 0.240. The highest BCUT2D eigenvalue weighted by Gasteiger charge is 2.18. The number of aromatic nitrogens is 2. The minimum absolute atomic E-state index is 0.0156. The summed E-state index contributed by atoms with van der Waals surface area (Å²) in [5.74, 6) is 0.464. The zero-order valence-corrected chi connectivity index (χ0v) is 18.7. The Morgan fingerprint density at radius 1 is 0.933 bits per heavy atom. The molecule has 5 heteroatoms. The minimum Gasteiger partial charge on any atom is -0.292 e. The topological polar surface area (TPSA) is 52.0 Å². The van der Waals surface area contributed by atoms with E-state index in [1.54, 1.807) is 6.92 Å². The summed E-state index contributed by atoms with van der Waals surface area (Å²) >= 11 is 1.47. The maximum absolute atomic E-state index is 13.4. The monoisotopic (exact) mass is 416 g/mol. The zero-order chi connectivity index (χ0) is 21.6. The van der Waals surface area contributed by atoms with Crippen molar-refractivity contribution < 1.29 is 4.79 Å². The molecule has 2 aromatic heterocycles. The summed E-state index contributed by atoms with van der Waals surface area (Å²) < 4.78 is 1.50. The van der Waals surface area contributed by atoms with E-state index in [-0.39, 0.29) is 17.9 Å². The Morgan fingerprint density at radius 3 is 2.40 bits per heavy atom. The van der Waals surface area contributed by atoms with Gasteiger partial charge in [0, 0.05) is 16.5 Å². The molecule has 0 bridgehead atoms. The zero-order valence-electron chi connectivity index (χ0n) is 17.9. The first kappa shape index (κ1) is 20.2. The van der Waals surface area contributed by atoms with Crippen LogP contribution in [0.2, 0.25) is 0 Å². The van der Waals surface area contributed by atoms with Gasteiger partial charge in [-0.3, -0.25) is 14.2 Å². The van der Waals surface area contributed by atoms with Gasteiger partial charge in [0.1, 0.15) is 10.7 Å². The summed E-state index contributed by atoms with van der Waals surface area (Å²) in [4.78, 5) is 31.7. The molecule has 0 saturated carbocycles. The maximum Gasteiger partial charge on any atom is 0.263 e. The highest BCUT2D eigenvalue weighted by Crippen LogP contribution is 2.33. The molecule has 0 atom stereocenters. The molecule has 0 aliphatic carbocycles. The van der Waals surface area contributed by atoms with Gasteiger partial charge in [0.05, 0.1) is 11.9 Å². The van der Waals surface area contributed by atoms with E-state index < -0.39 is 0 Å². The van der Waals surface area contributed by atoms with E-state index in [4.69, 9.17) is 0 Å². The molecule has 0 N–H and O–H groups in total. The van der Waals surface area contributed by atoms with Gasteiger partial charge < -0.3 is 0 Å². The Kier molecular flexibility index (Phi) is 5.16. The lowest BCUT2D eigenvalue weighted by atomic mass is 9.99. The molecule has 0 aliphatic heterocycles. The van der Waals surface area contributed by atoms with Crippen molar-refractivity contribution in [2.75, 3.05) is 0 Å². The number of rotatable bonds is 4. The highest BCUT2D eigenvalue weighted by atomic mass is 32.1. The highest BCUT2D eigenvalue weighted by molar-refractivity contribution is 7.17. The van der Waals surface area contributed by atoms with Crippen LogP contribution < -0.4 is 5.56 Å². The number of fused-ring (bicyclic) bond motifs is 1. The second kappa shape index (κ2) is 7.65. The van der Waals surface area contributed by atoms with E-state index in [1.165, 1.54) is 21.5 Å². The van der Waals surface area contributed by atoms with E-state index in [0.29, 0.717) is 21.6 Å². The quantitative estimate of drug-likeness (QED) is 0.410. The van der Waals surface area contributed by atoms with Crippen molar-refractivity contribution in [2.45, 2.75) is 41.2 Å². The molecule has 152 valence electrons. The largest absolute Gasteiger partial charge is 0.292 e. The first-order chi connectivity index (χ1) is 14.3. The van der Waals surface area contributed by atoms with Gasteiger partial charge in [-0.2, -0.15) is 0 Å². The molecular formula is C25H24N2O2S. The van der Waals surface area contributed by atoms with E-state index in [2.05, 4.69) is 37.0 Å². The lowest BCUT2D eigenvalue weighted by Crippen LogP contribution is -2.27. The third-order valence-corrected chi connectivity index (χ3v) is 6.56. The molecule has 4 rings (SSSR count). The second-order valence-electron chi connectivity index (χ2n) is 7.92. The van der Waals surface area contributed by atoms with Crippen LogP contribution in [0.5, 0.6) is 0 Å². The van der Waals surface area contributed by atoms with E-state index in [0.717, 1.165) is 27.8 Å². The number of nitrogens with zero attached hydrogens (tertiary/aromatic N) is 2. The number of carbonyl (C=O) groups is 1. The number of carbonyl (C=O) groups excluding carboxylic acids is 1. The third kappa shape index (κ3) is 3.50. The van der Waals surface area contributed by atoms with Gasteiger partial charge in [-0.05, 0) is 62.9 Å². The first-order valence-electron chi connectivity index (χ1n) is 9.93. The number of aryl methyl sites for hydroxylation is 5. The lowest BCUT2D eigenvalue weighted by molar-refractivity contribution is 0.0969. The predicted molar refractivity (Wildman–Crippen MR) is 124 cm³/mol. The van der Waals surface area contributed by atoms with Gasteiger partial charge in [0.2, 0.25) is 0 Å². The maximum atomic E-state index is 13.4. The molecule has 0 amide bonds. The molecule has 0 unspecified atom stereocenters. The van der Waals surface area contributed by atoms with Crippen LogP contribution in [0.4, 0.5) is 0 Å². The van der Waals surface area contributed by atoms with Crippen LogP contribution in [0.25, 0.3) is 21.3 Å². The average Bonchev–Trinajstić information content (AvgIpc) is 3.10. The molecule has 4 nitrogen and oxygen atoms in total. The van der Waals surface area contributed by atoms with Gasteiger partial charge >= 0.3 is 0 Å². The van der Waals surface area contributed by atoms with Gasteiger partial charge in [-0.25, -0.2) is 4.98 Å².